The fraction of sp³-hybridized carbons (Fsp3) is 0.350. The molecule has 1 amide bonds. The molecule has 28 heavy (non-hydrogen) atoms. The number of nitrogens with two attached hydrogens (primary N) is 2. The number of aliphatic hydroxyl groups excluding tert-OH is 1. The number of rotatable bonds is 9. The van der Waals surface area contributed by atoms with Gasteiger partial charge in [0.05, 0.1) is 6.10 Å². The molecule has 3 atom stereocenters. The van der Waals surface area contributed by atoms with E-state index >= 15 is 0 Å². The SMILES string of the molecule is NC(=O)[C@H](Cc1ccc(OC(F)(F)F)cc1)C[C@H](O)[C@@H](N)Cc1ccccc1. The lowest BCUT2D eigenvalue weighted by atomic mass is 9.89. The standard InChI is InChI=1S/C20H23F3N2O3/c21-20(22,23)28-16-8-6-14(7-9-16)10-15(19(25)27)12-18(26)17(24)11-13-4-2-1-3-5-13/h1-9,15,17-18,26H,10-12,24H2,(H2,25,27)/t15-,17+,18+/m1/s1. The summed E-state index contributed by atoms with van der Waals surface area (Å²) < 4.78 is 40.4. The van der Waals surface area contributed by atoms with Crippen LogP contribution in [0, 0.1) is 5.92 Å². The highest BCUT2D eigenvalue weighted by atomic mass is 19.4. The molecule has 2 rings (SSSR count). The Hall–Kier alpha value is -2.58. The van der Waals surface area contributed by atoms with Gasteiger partial charge in [-0.25, -0.2) is 0 Å². The number of amides is 1. The summed E-state index contributed by atoms with van der Waals surface area (Å²) in [6.45, 7) is 0. The van der Waals surface area contributed by atoms with Crippen LogP contribution in [0.5, 0.6) is 5.75 Å². The Morgan fingerprint density at radius 1 is 1.00 bits per heavy atom. The number of alkyl halides is 3. The maximum atomic E-state index is 12.2. The molecule has 0 aliphatic rings. The Balaban J connectivity index is 1.96. The van der Waals surface area contributed by atoms with E-state index in [-0.39, 0.29) is 18.6 Å². The monoisotopic (exact) mass is 396 g/mol. The van der Waals surface area contributed by atoms with Gasteiger partial charge in [-0.1, -0.05) is 42.5 Å². The number of hydrogen-bond acceptors (Lipinski definition) is 4. The van der Waals surface area contributed by atoms with Gasteiger partial charge in [-0.05, 0) is 42.5 Å². The number of primary amides is 1. The second kappa shape index (κ2) is 9.57. The zero-order valence-electron chi connectivity index (χ0n) is 15.1. The third-order valence-corrected chi connectivity index (χ3v) is 4.38. The van der Waals surface area contributed by atoms with Crippen LogP contribution in [0.1, 0.15) is 17.5 Å². The van der Waals surface area contributed by atoms with E-state index < -0.39 is 30.3 Å². The average Bonchev–Trinajstić information content (AvgIpc) is 2.62. The molecule has 5 N–H and O–H groups in total. The highest BCUT2D eigenvalue weighted by Gasteiger charge is 2.31. The molecule has 0 aliphatic carbocycles. The fourth-order valence-electron chi connectivity index (χ4n) is 2.90. The van der Waals surface area contributed by atoms with Gasteiger partial charge in [0.2, 0.25) is 5.91 Å². The second-order valence-electron chi connectivity index (χ2n) is 6.65. The first-order chi connectivity index (χ1) is 13.1. The van der Waals surface area contributed by atoms with Crippen molar-refractivity contribution in [3.8, 4) is 5.75 Å². The number of ether oxygens (including phenoxy) is 1. The van der Waals surface area contributed by atoms with Gasteiger partial charge in [0.1, 0.15) is 5.75 Å². The lowest BCUT2D eigenvalue weighted by molar-refractivity contribution is -0.274. The number of benzene rings is 2. The largest absolute Gasteiger partial charge is 0.573 e. The molecule has 0 heterocycles. The maximum Gasteiger partial charge on any atom is 0.573 e. The van der Waals surface area contributed by atoms with Gasteiger partial charge in [0.25, 0.3) is 0 Å². The first-order valence-electron chi connectivity index (χ1n) is 8.75. The molecule has 8 heteroatoms. The summed E-state index contributed by atoms with van der Waals surface area (Å²) in [7, 11) is 0. The minimum absolute atomic E-state index is 0.0597. The van der Waals surface area contributed by atoms with Gasteiger partial charge >= 0.3 is 6.36 Å². The summed E-state index contributed by atoms with van der Waals surface area (Å²) in [5.41, 5.74) is 13.0. The van der Waals surface area contributed by atoms with E-state index in [0.717, 1.165) is 5.56 Å². The zero-order chi connectivity index (χ0) is 20.7. The van der Waals surface area contributed by atoms with E-state index in [1.807, 2.05) is 30.3 Å². The smallest absolute Gasteiger partial charge is 0.406 e. The van der Waals surface area contributed by atoms with E-state index in [9.17, 15) is 23.1 Å². The van der Waals surface area contributed by atoms with Crippen molar-refractivity contribution in [3.63, 3.8) is 0 Å². The molecule has 0 fully saturated rings. The number of carbonyl (C=O) groups excluding carboxylic acids is 1. The molecule has 0 radical (unpaired) electrons. The summed E-state index contributed by atoms with van der Waals surface area (Å²) in [6, 6.07) is 14.0. The van der Waals surface area contributed by atoms with Crippen molar-refractivity contribution in [1.29, 1.82) is 0 Å². The van der Waals surface area contributed by atoms with E-state index in [2.05, 4.69) is 4.74 Å². The highest BCUT2D eigenvalue weighted by Crippen LogP contribution is 2.24. The Morgan fingerprint density at radius 2 is 1.57 bits per heavy atom. The molecular formula is C20H23F3N2O3. The number of hydrogen-bond donors (Lipinski definition) is 3. The third-order valence-electron chi connectivity index (χ3n) is 4.38. The third kappa shape index (κ3) is 7.21. The zero-order valence-corrected chi connectivity index (χ0v) is 15.1. The van der Waals surface area contributed by atoms with E-state index in [0.29, 0.717) is 12.0 Å². The van der Waals surface area contributed by atoms with Crippen molar-refractivity contribution < 1.29 is 27.8 Å². The Morgan fingerprint density at radius 3 is 2.11 bits per heavy atom. The number of carbonyl (C=O) groups is 1. The molecule has 2 aromatic rings. The van der Waals surface area contributed by atoms with Crippen molar-refractivity contribution in [3.05, 3.63) is 65.7 Å². The van der Waals surface area contributed by atoms with Gasteiger partial charge in [-0.2, -0.15) is 0 Å². The first-order valence-corrected chi connectivity index (χ1v) is 8.75. The molecule has 0 bridgehead atoms. The molecular weight excluding hydrogens is 373 g/mol. The predicted octanol–water partition coefficient (Wildman–Crippen LogP) is 2.55. The first kappa shape index (κ1) is 21.7. The summed E-state index contributed by atoms with van der Waals surface area (Å²) >= 11 is 0. The van der Waals surface area contributed by atoms with Gasteiger partial charge in [0, 0.05) is 12.0 Å². The number of aliphatic hydroxyl groups is 1. The van der Waals surface area contributed by atoms with Gasteiger partial charge in [-0.3, -0.25) is 4.79 Å². The van der Waals surface area contributed by atoms with E-state index in [4.69, 9.17) is 11.5 Å². The van der Waals surface area contributed by atoms with Crippen LogP contribution in [0.15, 0.2) is 54.6 Å². The minimum atomic E-state index is -4.77. The van der Waals surface area contributed by atoms with Crippen molar-refractivity contribution in [2.24, 2.45) is 17.4 Å². The quantitative estimate of drug-likeness (QED) is 0.607. The molecule has 0 unspecified atom stereocenters. The van der Waals surface area contributed by atoms with Crippen LogP contribution in [0.25, 0.3) is 0 Å². The Bertz CT molecular complexity index is 752. The van der Waals surface area contributed by atoms with Crippen LogP contribution in [-0.2, 0) is 17.6 Å². The molecule has 152 valence electrons. The van der Waals surface area contributed by atoms with Crippen LogP contribution in [0.4, 0.5) is 13.2 Å². The van der Waals surface area contributed by atoms with Gasteiger partial charge in [0.15, 0.2) is 0 Å². The van der Waals surface area contributed by atoms with Crippen LogP contribution in [-0.4, -0.2) is 29.5 Å². The molecule has 5 nitrogen and oxygen atoms in total. The summed E-state index contributed by atoms with van der Waals surface area (Å²) in [5, 5.41) is 10.4. The summed E-state index contributed by atoms with van der Waals surface area (Å²) in [5.74, 6) is -1.66. The van der Waals surface area contributed by atoms with Crippen molar-refractivity contribution in [2.75, 3.05) is 0 Å². The molecule has 0 aliphatic heterocycles. The Labute approximate surface area is 161 Å². The van der Waals surface area contributed by atoms with E-state index in [1.165, 1.54) is 24.3 Å². The molecule has 2 aromatic carbocycles. The summed E-state index contributed by atoms with van der Waals surface area (Å²) in [6.07, 6.45) is -5.04. The van der Waals surface area contributed by atoms with Crippen LogP contribution in [0.3, 0.4) is 0 Å². The average molecular weight is 396 g/mol. The van der Waals surface area contributed by atoms with Crippen LogP contribution in [0.2, 0.25) is 0 Å². The topological polar surface area (TPSA) is 98.6 Å². The molecule has 0 saturated carbocycles. The minimum Gasteiger partial charge on any atom is -0.406 e. The maximum absolute atomic E-state index is 12.2. The predicted molar refractivity (Wildman–Crippen MR) is 98.3 cm³/mol. The molecule has 0 spiro atoms. The normalized spacial score (nSPS) is 14.9. The number of halogens is 3. The van der Waals surface area contributed by atoms with Crippen LogP contribution < -0.4 is 16.2 Å². The van der Waals surface area contributed by atoms with Crippen molar-refractivity contribution in [1.82, 2.24) is 0 Å². The lowest BCUT2D eigenvalue weighted by Crippen LogP contribution is -2.40. The molecule has 0 saturated heterocycles. The second-order valence-corrected chi connectivity index (χ2v) is 6.65. The lowest BCUT2D eigenvalue weighted by Gasteiger charge is -2.23. The Kier molecular flexibility index (Phi) is 7.42. The molecule has 0 aromatic heterocycles. The summed E-state index contributed by atoms with van der Waals surface area (Å²) in [4.78, 5) is 11.8. The fourth-order valence-corrected chi connectivity index (χ4v) is 2.90. The van der Waals surface area contributed by atoms with Crippen molar-refractivity contribution >= 4 is 5.91 Å². The van der Waals surface area contributed by atoms with Crippen LogP contribution >= 0.6 is 0 Å². The van der Waals surface area contributed by atoms with Gasteiger partial charge in [-0.15, -0.1) is 13.2 Å². The van der Waals surface area contributed by atoms with E-state index in [1.54, 1.807) is 0 Å². The van der Waals surface area contributed by atoms with Crippen molar-refractivity contribution in [2.45, 2.75) is 37.8 Å². The highest BCUT2D eigenvalue weighted by molar-refractivity contribution is 5.77. The van der Waals surface area contributed by atoms with Gasteiger partial charge < -0.3 is 21.3 Å².